The molecule has 0 fully saturated rings. The highest BCUT2D eigenvalue weighted by Gasteiger charge is 2.31. The number of fused-ring (bicyclic) bond motifs is 1. The van der Waals surface area contributed by atoms with Crippen molar-refractivity contribution in [3.8, 4) is 17.2 Å². The van der Waals surface area contributed by atoms with Crippen LogP contribution < -0.4 is 24.4 Å². The molecule has 4 rings (SSSR count). The van der Waals surface area contributed by atoms with Gasteiger partial charge >= 0.3 is 0 Å². The Labute approximate surface area is 209 Å². The lowest BCUT2D eigenvalue weighted by Gasteiger charge is -2.22. The van der Waals surface area contributed by atoms with Gasteiger partial charge in [-0.2, -0.15) is 0 Å². The summed E-state index contributed by atoms with van der Waals surface area (Å²) >= 11 is 1.58. The van der Waals surface area contributed by atoms with E-state index in [9.17, 15) is 9.59 Å². The molecule has 1 aliphatic rings. The van der Waals surface area contributed by atoms with Crippen LogP contribution in [0.3, 0.4) is 0 Å². The quantitative estimate of drug-likeness (QED) is 0.487. The molecule has 0 saturated heterocycles. The van der Waals surface area contributed by atoms with Gasteiger partial charge in [0, 0.05) is 22.3 Å². The van der Waals surface area contributed by atoms with E-state index >= 15 is 0 Å². The molecule has 1 atom stereocenters. The number of hydrogen-bond acceptors (Lipinski definition) is 6. The van der Waals surface area contributed by atoms with E-state index in [2.05, 4.69) is 5.32 Å². The molecule has 0 bridgehead atoms. The standard InChI is InChI=1S/C27H28N2O5S/c1-17-9-11-19(12-10-17)28-25(30)16-29-20-7-5-6-8-23(20)35-24(15-26(29)31)18-13-21(32-2)27(34-4)22(14-18)33-3/h5-14,24H,15-16H2,1-4H3,(H,28,30)/t24-/m1/s1. The maximum Gasteiger partial charge on any atom is 0.244 e. The first-order chi connectivity index (χ1) is 16.9. The van der Waals surface area contributed by atoms with Crippen molar-refractivity contribution >= 4 is 35.0 Å². The van der Waals surface area contributed by atoms with Gasteiger partial charge in [-0.3, -0.25) is 9.59 Å². The second kappa shape index (κ2) is 10.7. The van der Waals surface area contributed by atoms with Crippen LogP contribution in [-0.4, -0.2) is 39.7 Å². The van der Waals surface area contributed by atoms with Crippen LogP contribution >= 0.6 is 11.8 Å². The lowest BCUT2D eigenvalue weighted by Crippen LogP contribution is -2.38. The Morgan fingerprint density at radius 3 is 2.29 bits per heavy atom. The Morgan fingerprint density at radius 2 is 1.66 bits per heavy atom. The zero-order valence-electron chi connectivity index (χ0n) is 20.2. The molecule has 8 heteroatoms. The lowest BCUT2D eigenvalue weighted by molar-refractivity contribution is -0.121. The Morgan fingerprint density at radius 1 is 1.00 bits per heavy atom. The van der Waals surface area contributed by atoms with Crippen molar-refractivity contribution < 1.29 is 23.8 Å². The Kier molecular flexibility index (Phi) is 7.51. The van der Waals surface area contributed by atoms with Crippen molar-refractivity contribution in [2.75, 3.05) is 38.1 Å². The number of thioether (sulfide) groups is 1. The Hall–Kier alpha value is -3.65. The first kappa shape index (κ1) is 24.5. The van der Waals surface area contributed by atoms with Crippen molar-refractivity contribution in [1.29, 1.82) is 0 Å². The van der Waals surface area contributed by atoms with Gasteiger partial charge in [-0.1, -0.05) is 29.8 Å². The van der Waals surface area contributed by atoms with E-state index in [0.29, 0.717) is 22.9 Å². The number of amides is 2. The molecule has 0 radical (unpaired) electrons. The molecule has 0 aromatic heterocycles. The molecule has 182 valence electrons. The highest BCUT2D eigenvalue weighted by atomic mass is 32.2. The average Bonchev–Trinajstić information content (AvgIpc) is 3.00. The summed E-state index contributed by atoms with van der Waals surface area (Å²) in [6.07, 6.45) is 0.204. The van der Waals surface area contributed by atoms with E-state index < -0.39 is 0 Å². The summed E-state index contributed by atoms with van der Waals surface area (Å²) in [6.45, 7) is 1.91. The number of carbonyl (C=O) groups is 2. The summed E-state index contributed by atoms with van der Waals surface area (Å²) in [7, 11) is 4.69. The van der Waals surface area contributed by atoms with Gasteiger partial charge in [0.25, 0.3) is 0 Å². The van der Waals surface area contributed by atoms with Gasteiger partial charge in [0.2, 0.25) is 17.6 Å². The molecule has 1 N–H and O–H groups in total. The van der Waals surface area contributed by atoms with Crippen LogP contribution in [0, 0.1) is 6.92 Å². The number of methoxy groups -OCH3 is 3. The largest absolute Gasteiger partial charge is 0.493 e. The smallest absolute Gasteiger partial charge is 0.244 e. The molecule has 3 aromatic carbocycles. The normalized spacial score (nSPS) is 15.1. The zero-order valence-corrected chi connectivity index (χ0v) is 21.0. The number of carbonyl (C=O) groups excluding carboxylic acids is 2. The molecule has 7 nitrogen and oxygen atoms in total. The second-order valence-electron chi connectivity index (χ2n) is 8.13. The van der Waals surface area contributed by atoms with Crippen LogP contribution in [0.15, 0.2) is 65.6 Å². The van der Waals surface area contributed by atoms with E-state index in [-0.39, 0.29) is 30.0 Å². The van der Waals surface area contributed by atoms with Crippen molar-refractivity contribution in [3.05, 3.63) is 71.8 Å². The van der Waals surface area contributed by atoms with Gasteiger partial charge < -0.3 is 24.4 Å². The van der Waals surface area contributed by atoms with Crippen molar-refractivity contribution in [3.63, 3.8) is 0 Å². The minimum atomic E-state index is -0.256. The van der Waals surface area contributed by atoms with Gasteiger partial charge in [0.15, 0.2) is 11.5 Å². The molecule has 2 amide bonds. The van der Waals surface area contributed by atoms with Crippen molar-refractivity contribution in [2.45, 2.75) is 23.5 Å². The number of hydrogen-bond donors (Lipinski definition) is 1. The molecule has 0 unspecified atom stereocenters. The van der Waals surface area contributed by atoms with E-state index in [1.807, 2.05) is 67.6 Å². The number of nitrogens with one attached hydrogen (secondary N) is 1. The van der Waals surface area contributed by atoms with E-state index in [1.165, 1.54) is 0 Å². The Balaban J connectivity index is 1.63. The number of aryl methyl sites for hydroxylation is 1. The summed E-state index contributed by atoms with van der Waals surface area (Å²) in [5, 5.41) is 2.68. The van der Waals surface area contributed by atoms with Crippen LogP contribution in [0.25, 0.3) is 0 Å². The summed E-state index contributed by atoms with van der Waals surface area (Å²) in [4.78, 5) is 28.8. The van der Waals surface area contributed by atoms with Gasteiger partial charge in [-0.05, 0) is 48.9 Å². The summed E-state index contributed by atoms with van der Waals surface area (Å²) in [5.41, 5.74) is 3.39. The molecule has 35 heavy (non-hydrogen) atoms. The second-order valence-corrected chi connectivity index (χ2v) is 9.38. The van der Waals surface area contributed by atoms with Crippen LogP contribution in [-0.2, 0) is 9.59 Å². The topological polar surface area (TPSA) is 77.1 Å². The first-order valence-electron chi connectivity index (χ1n) is 11.2. The third kappa shape index (κ3) is 5.38. The number of anilines is 2. The molecule has 1 aliphatic heterocycles. The van der Waals surface area contributed by atoms with Crippen LogP contribution in [0.5, 0.6) is 17.2 Å². The maximum absolute atomic E-state index is 13.5. The maximum atomic E-state index is 13.5. The molecule has 0 saturated carbocycles. The molecule has 0 aliphatic carbocycles. The summed E-state index contributed by atoms with van der Waals surface area (Å²) < 4.78 is 16.5. The molecule has 0 spiro atoms. The predicted octanol–water partition coefficient (Wildman–Crippen LogP) is 5.23. The number of benzene rings is 3. The molecule has 3 aromatic rings. The minimum Gasteiger partial charge on any atom is -0.493 e. The number of ether oxygens (including phenoxy) is 3. The molecular weight excluding hydrogens is 464 g/mol. The molecular formula is C27H28N2O5S. The Bertz CT molecular complexity index is 1200. The molecule has 1 heterocycles. The summed E-state index contributed by atoms with van der Waals surface area (Å²) in [6, 6.07) is 18.9. The van der Waals surface area contributed by atoms with Gasteiger partial charge in [0.1, 0.15) is 6.54 Å². The number of rotatable bonds is 7. The third-order valence-corrected chi connectivity index (χ3v) is 7.10. The highest BCUT2D eigenvalue weighted by molar-refractivity contribution is 7.99. The van der Waals surface area contributed by atoms with E-state index in [1.54, 1.807) is 38.0 Å². The summed E-state index contributed by atoms with van der Waals surface area (Å²) in [5.74, 6) is 1.16. The fourth-order valence-corrected chi connectivity index (χ4v) is 5.27. The monoisotopic (exact) mass is 492 g/mol. The minimum absolute atomic E-state index is 0.0771. The average molecular weight is 493 g/mol. The van der Waals surface area contributed by atoms with Gasteiger partial charge in [-0.15, -0.1) is 11.8 Å². The van der Waals surface area contributed by atoms with Crippen LogP contribution in [0.4, 0.5) is 11.4 Å². The zero-order chi connectivity index (χ0) is 24.9. The number of para-hydroxylation sites is 1. The van der Waals surface area contributed by atoms with Gasteiger partial charge in [-0.25, -0.2) is 0 Å². The van der Waals surface area contributed by atoms with Crippen molar-refractivity contribution in [1.82, 2.24) is 0 Å². The van der Waals surface area contributed by atoms with Crippen LogP contribution in [0.1, 0.15) is 22.8 Å². The number of nitrogens with zero attached hydrogens (tertiary/aromatic N) is 1. The lowest BCUT2D eigenvalue weighted by atomic mass is 10.1. The first-order valence-corrected chi connectivity index (χ1v) is 12.0. The van der Waals surface area contributed by atoms with E-state index in [4.69, 9.17) is 14.2 Å². The van der Waals surface area contributed by atoms with Crippen LogP contribution in [0.2, 0.25) is 0 Å². The third-order valence-electron chi connectivity index (χ3n) is 5.78. The predicted molar refractivity (Wildman–Crippen MR) is 138 cm³/mol. The van der Waals surface area contributed by atoms with Crippen molar-refractivity contribution in [2.24, 2.45) is 0 Å². The van der Waals surface area contributed by atoms with Gasteiger partial charge in [0.05, 0.1) is 27.0 Å². The fourth-order valence-electron chi connectivity index (χ4n) is 4.01. The highest BCUT2D eigenvalue weighted by Crippen LogP contribution is 2.49. The van der Waals surface area contributed by atoms with E-state index in [0.717, 1.165) is 21.7 Å². The fraction of sp³-hybridized carbons (Fsp3) is 0.259. The SMILES string of the molecule is COc1cc([C@H]2CC(=O)N(CC(=O)Nc3ccc(C)cc3)c3ccccc3S2)cc(OC)c1OC.